The van der Waals surface area contributed by atoms with Crippen LogP contribution >= 0.6 is 0 Å². The number of hydrogen-bond acceptors (Lipinski definition) is 9. The number of imide groups is 1. The molecule has 0 N–H and O–H groups in total. The molecule has 2 aromatic rings. The standard InChI is InChI=1S/C29H39N3O8/c1-35-12-11-32-28(34)31(19-21-15-24(38-4)26(40-6)25(16-21)39-5)27(33)29(32)7-9-30(10-8-29)18-20-13-22(36-2)17-23(14-20)37-3/h13-17H,7-12,18-19H2,1-6H3. The second-order valence-electron chi connectivity index (χ2n) is 9.88. The number of rotatable bonds is 12. The van der Waals surface area contributed by atoms with Crippen molar-refractivity contribution in [1.82, 2.24) is 14.7 Å². The lowest BCUT2D eigenvalue weighted by molar-refractivity contribution is -0.136. The van der Waals surface area contributed by atoms with E-state index in [4.69, 9.17) is 28.4 Å². The first-order valence-corrected chi connectivity index (χ1v) is 13.2. The zero-order valence-electron chi connectivity index (χ0n) is 24.2. The Kier molecular flexibility index (Phi) is 9.26. The van der Waals surface area contributed by atoms with Gasteiger partial charge < -0.3 is 33.3 Å². The van der Waals surface area contributed by atoms with Gasteiger partial charge in [0, 0.05) is 39.4 Å². The van der Waals surface area contributed by atoms with E-state index in [1.807, 2.05) is 18.2 Å². The molecule has 0 atom stereocenters. The molecule has 2 fully saturated rings. The summed E-state index contributed by atoms with van der Waals surface area (Å²) in [4.78, 5) is 33.0. The van der Waals surface area contributed by atoms with Crippen molar-refractivity contribution in [1.29, 1.82) is 0 Å². The van der Waals surface area contributed by atoms with Crippen molar-refractivity contribution in [2.75, 3.05) is 68.9 Å². The van der Waals surface area contributed by atoms with Crippen LogP contribution in [0.4, 0.5) is 4.79 Å². The molecule has 0 aliphatic carbocycles. The monoisotopic (exact) mass is 557 g/mol. The molecule has 2 aromatic carbocycles. The summed E-state index contributed by atoms with van der Waals surface area (Å²) < 4.78 is 32.5. The molecule has 0 saturated carbocycles. The highest BCUT2D eigenvalue weighted by molar-refractivity contribution is 6.07. The Morgan fingerprint density at radius 3 is 1.80 bits per heavy atom. The average molecular weight is 558 g/mol. The number of likely N-dealkylation sites (tertiary alicyclic amines) is 1. The van der Waals surface area contributed by atoms with E-state index in [-0.39, 0.29) is 18.5 Å². The van der Waals surface area contributed by atoms with Crippen molar-refractivity contribution in [2.45, 2.75) is 31.5 Å². The fourth-order valence-electron chi connectivity index (χ4n) is 5.60. The summed E-state index contributed by atoms with van der Waals surface area (Å²) in [5.74, 6) is 2.64. The number of carbonyl (C=O) groups is 2. The Balaban J connectivity index is 1.55. The number of benzene rings is 2. The van der Waals surface area contributed by atoms with Gasteiger partial charge in [-0.25, -0.2) is 4.79 Å². The molecular formula is C29H39N3O8. The maximum atomic E-state index is 14.0. The van der Waals surface area contributed by atoms with Gasteiger partial charge in [0.2, 0.25) is 5.75 Å². The largest absolute Gasteiger partial charge is 0.497 e. The highest BCUT2D eigenvalue weighted by Gasteiger charge is 2.57. The van der Waals surface area contributed by atoms with Crippen LogP contribution in [0.2, 0.25) is 0 Å². The van der Waals surface area contributed by atoms with E-state index in [1.54, 1.807) is 38.4 Å². The molecule has 0 aromatic heterocycles. The maximum Gasteiger partial charge on any atom is 0.328 e. The second kappa shape index (κ2) is 12.6. The number of hydrogen-bond donors (Lipinski definition) is 0. The number of ether oxygens (including phenoxy) is 6. The lowest BCUT2D eigenvalue weighted by atomic mass is 9.85. The van der Waals surface area contributed by atoms with Crippen LogP contribution in [0.25, 0.3) is 0 Å². The molecule has 11 heteroatoms. The van der Waals surface area contributed by atoms with E-state index in [9.17, 15) is 9.59 Å². The van der Waals surface area contributed by atoms with E-state index >= 15 is 0 Å². The van der Waals surface area contributed by atoms with E-state index in [2.05, 4.69) is 4.90 Å². The van der Waals surface area contributed by atoms with Crippen molar-refractivity contribution in [3.8, 4) is 28.7 Å². The predicted octanol–water partition coefficient (Wildman–Crippen LogP) is 3.18. The Bertz CT molecular complexity index is 1160. The third kappa shape index (κ3) is 5.62. The van der Waals surface area contributed by atoms with Gasteiger partial charge in [-0.3, -0.25) is 14.6 Å². The molecule has 0 unspecified atom stereocenters. The summed E-state index contributed by atoms with van der Waals surface area (Å²) in [5.41, 5.74) is 0.837. The van der Waals surface area contributed by atoms with Crippen LogP contribution in [-0.2, 0) is 22.6 Å². The van der Waals surface area contributed by atoms with Gasteiger partial charge in [-0.15, -0.1) is 0 Å². The number of methoxy groups -OCH3 is 6. The topological polar surface area (TPSA) is 99.2 Å². The number of piperidine rings is 1. The van der Waals surface area contributed by atoms with E-state index < -0.39 is 5.54 Å². The smallest absolute Gasteiger partial charge is 0.328 e. The molecule has 0 radical (unpaired) electrons. The van der Waals surface area contributed by atoms with Crippen LogP contribution in [0.15, 0.2) is 30.3 Å². The first-order chi connectivity index (χ1) is 19.3. The minimum absolute atomic E-state index is 0.0902. The van der Waals surface area contributed by atoms with Crippen molar-refractivity contribution >= 4 is 11.9 Å². The summed E-state index contributed by atoms with van der Waals surface area (Å²) in [5, 5.41) is 0. The minimum Gasteiger partial charge on any atom is -0.497 e. The lowest BCUT2D eigenvalue weighted by Gasteiger charge is -2.42. The third-order valence-corrected chi connectivity index (χ3v) is 7.71. The highest BCUT2D eigenvalue weighted by Crippen LogP contribution is 2.41. The fraction of sp³-hybridized carbons (Fsp3) is 0.517. The second-order valence-corrected chi connectivity index (χ2v) is 9.88. The molecule has 0 bridgehead atoms. The number of urea groups is 1. The number of carbonyl (C=O) groups excluding carboxylic acids is 2. The first kappa shape index (κ1) is 29.3. The fourth-order valence-corrected chi connectivity index (χ4v) is 5.60. The molecule has 3 amide bonds. The molecular weight excluding hydrogens is 518 g/mol. The van der Waals surface area contributed by atoms with Crippen LogP contribution in [0.1, 0.15) is 24.0 Å². The van der Waals surface area contributed by atoms with Gasteiger partial charge in [0.1, 0.15) is 17.0 Å². The summed E-state index contributed by atoms with van der Waals surface area (Å²) in [6.07, 6.45) is 1.04. The zero-order chi connectivity index (χ0) is 28.9. The molecule has 2 aliphatic rings. The molecule has 2 aliphatic heterocycles. The molecule has 40 heavy (non-hydrogen) atoms. The number of amides is 3. The Hall–Kier alpha value is -3.70. The van der Waals surface area contributed by atoms with Crippen molar-refractivity contribution in [3.05, 3.63) is 41.5 Å². The molecule has 2 heterocycles. The summed E-state index contributed by atoms with van der Waals surface area (Å²) in [7, 11) is 9.44. The summed E-state index contributed by atoms with van der Waals surface area (Å²) in [6.45, 7) is 2.75. The zero-order valence-corrected chi connectivity index (χ0v) is 24.2. The van der Waals surface area contributed by atoms with Gasteiger partial charge >= 0.3 is 6.03 Å². The van der Waals surface area contributed by atoms with Crippen LogP contribution in [0, 0.1) is 0 Å². The van der Waals surface area contributed by atoms with Crippen LogP contribution in [0.3, 0.4) is 0 Å². The first-order valence-electron chi connectivity index (χ1n) is 13.2. The van der Waals surface area contributed by atoms with Crippen LogP contribution < -0.4 is 23.7 Å². The molecule has 11 nitrogen and oxygen atoms in total. The Morgan fingerprint density at radius 2 is 1.30 bits per heavy atom. The SMILES string of the molecule is COCCN1C(=O)N(Cc2cc(OC)c(OC)c(OC)c2)C(=O)C12CCN(Cc1cc(OC)cc(OC)c1)CC2. The quantitative estimate of drug-likeness (QED) is 0.365. The Morgan fingerprint density at radius 1 is 0.725 bits per heavy atom. The summed E-state index contributed by atoms with van der Waals surface area (Å²) in [6, 6.07) is 9.02. The molecule has 1 spiro atoms. The van der Waals surface area contributed by atoms with Gasteiger partial charge in [-0.2, -0.15) is 0 Å². The Labute approximate surface area is 235 Å². The van der Waals surface area contributed by atoms with Crippen LogP contribution in [0.5, 0.6) is 28.7 Å². The predicted molar refractivity (Wildman–Crippen MR) is 147 cm³/mol. The van der Waals surface area contributed by atoms with Crippen molar-refractivity contribution in [3.63, 3.8) is 0 Å². The lowest BCUT2D eigenvalue weighted by Crippen LogP contribution is -2.57. The van der Waals surface area contributed by atoms with Crippen molar-refractivity contribution in [2.24, 2.45) is 0 Å². The van der Waals surface area contributed by atoms with Gasteiger partial charge in [-0.05, 0) is 48.2 Å². The highest BCUT2D eigenvalue weighted by atomic mass is 16.5. The third-order valence-electron chi connectivity index (χ3n) is 7.71. The average Bonchev–Trinajstić information content (AvgIpc) is 3.16. The number of nitrogens with zero attached hydrogens (tertiary/aromatic N) is 3. The molecule has 218 valence electrons. The van der Waals surface area contributed by atoms with E-state index in [1.165, 1.54) is 26.2 Å². The van der Waals surface area contributed by atoms with Gasteiger partial charge in [0.15, 0.2) is 11.5 Å². The minimum atomic E-state index is -0.918. The molecule has 2 saturated heterocycles. The van der Waals surface area contributed by atoms with Gasteiger partial charge in [0.05, 0.1) is 48.7 Å². The van der Waals surface area contributed by atoms with E-state index in [0.29, 0.717) is 68.4 Å². The van der Waals surface area contributed by atoms with E-state index in [0.717, 1.165) is 17.1 Å². The van der Waals surface area contributed by atoms with Crippen LogP contribution in [-0.4, -0.2) is 101 Å². The van der Waals surface area contributed by atoms with Gasteiger partial charge in [0.25, 0.3) is 5.91 Å². The normalized spacial score (nSPS) is 16.9. The van der Waals surface area contributed by atoms with Gasteiger partial charge in [-0.1, -0.05) is 0 Å². The molecule has 4 rings (SSSR count). The van der Waals surface area contributed by atoms with Crippen molar-refractivity contribution < 1.29 is 38.0 Å². The summed E-state index contributed by atoms with van der Waals surface area (Å²) >= 11 is 0. The maximum absolute atomic E-state index is 14.0.